The van der Waals surface area contributed by atoms with Crippen molar-refractivity contribution < 1.29 is 9.53 Å². The van der Waals surface area contributed by atoms with Gasteiger partial charge in [0.15, 0.2) is 0 Å². The van der Waals surface area contributed by atoms with E-state index in [2.05, 4.69) is 41.6 Å². The molecule has 2 fully saturated rings. The summed E-state index contributed by atoms with van der Waals surface area (Å²) in [6, 6.07) is 8.23. The lowest BCUT2D eigenvalue weighted by Crippen LogP contribution is -2.29. The molecule has 0 aromatic heterocycles. The van der Waals surface area contributed by atoms with Crippen molar-refractivity contribution in [1.29, 1.82) is 0 Å². The molecule has 0 spiro atoms. The van der Waals surface area contributed by atoms with E-state index in [0.717, 1.165) is 31.4 Å². The molecular formula is C19H23IO2. The summed E-state index contributed by atoms with van der Waals surface area (Å²) >= 11 is 2.45. The fraction of sp³-hybridized carbons (Fsp3) is 0.526. The van der Waals surface area contributed by atoms with Gasteiger partial charge in [0, 0.05) is 15.4 Å². The number of allylic oxidation sites excluding steroid dienone is 1. The second kappa shape index (κ2) is 6.34. The summed E-state index contributed by atoms with van der Waals surface area (Å²) in [5, 5.41) is 0. The number of carbonyl (C=O) groups is 1. The van der Waals surface area contributed by atoms with Gasteiger partial charge in [-0.05, 0) is 71.9 Å². The highest BCUT2D eigenvalue weighted by atomic mass is 127. The molecule has 1 aromatic carbocycles. The van der Waals surface area contributed by atoms with Gasteiger partial charge in [-0.15, -0.1) is 0 Å². The number of fused-ring (bicyclic) bond motifs is 1. The van der Waals surface area contributed by atoms with E-state index in [4.69, 9.17) is 4.74 Å². The summed E-state index contributed by atoms with van der Waals surface area (Å²) in [5.41, 5.74) is 2.54. The Morgan fingerprint density at radius 1 is 1.36 bits per heavy atom. The predicted octanol–water partition coefficient (Wildman–Crippen LogP) is 5.40. The number of methoxy groups -OCH3 is 1. The Labute approximate surface area is 146 Å². The first-order valence-corrected chi connectivity index (χ1v) is 9.17. The van der Waals surface area contributed by atoms with E-state index >= 15 is 0 Å². The Hall–Kier alpha value is -0.840. The molecule has 0 amide bonds. The number of rotatable bonds is 2. The van der Waals surface area contributed by atoms with E-state index in [1.54, 1.807) is 7.11 Å². The Balaban J connectivity index is 1.93. The van der Waals surface area contributed by atoms with Crippen molar-refractivity contribution in [1.82, 2.24) is 0 Å². The van der Waals surface area contributed by atoms with Crippen LogP contribution in [0.2, 0.25) is 0 Å². The molecule has 118 valence electrons. The molecule has 2 nitrogen and oxygen atoms in total. The van der Waals surface area contributed by atoms with Crippen LogP contribution < -0.4 is 4.74 Å². The summed E-state index contributed by atoms with van der Waals surface area (Å²) in [4.78, 5) is 12.6. The third kappa shape index (κ3) is 2.84. The van der Waals surface area contributed by atoms with Crippen LogP contribution in [-0.2, 0) is 4.79 Å². The lowest BCUT2D eigenvalue weighted by atomic mass is 9.75. The number of benzene rings is 1. The standard InChI is InChI=1S/C19H23IO2/c1-19-12-14(10-15(19)7-3-4-9-17(19)21)18(20)13-6-5-8-16(11-13)22-2/h5-6,8,11,15H,3-4,7,9-10,12H2,1-2H3/b18-14+/t15-,19+/m1/s1. The maximum absolute atomic E-state index is 12.6. The lowest BCUT2D eigenvalue weighted by molar-refractivity contribution is -0.129. The topological polar surface area (TPSA) is 26.3 Å². The molecule has 0 N–H and O–H groups in total. The minimum Gasteiger partial charge on any atom is -0.497 e. The molecular weight excluding hydrogens is 387 g/mol. The lowest BCUT2D eigenvalue weighted by Gasteiger charge is -2.27. The minimum atomic E-state index is -0.124. The first-order chi connectivity index (χ1) is 10.5. The third-order valence-corrected chi connectivity index (χ3v) is 6.84. The Morgan fingerprint density at radius 3 is 2.95 bits per heavy atom. The average Bonchev–Trinajstić information content (AvgIpc) is 2.82. The highest BCUT2D eigenvalue weighted by molar-refractivity contribution is 14.1. The molecule has 2 aliphatic rings. The summed E-state index contributed by atoms with van der Waals surface area (Å²) in [6.45, 7) is 2.20. The van der Waals surface area contributed by atoms with Crippen LogP contribution in [0.5, 0.6) is 5.75 Å². The molecule has 2 atom stereocenters. The van der Waals surface area contributed by atoms with Gasteiger partial charge in [0.25, 0.3) is 0 Å². The van der Waals surface area contributed by atoms with Crippen molar-refractivity contribution in [3.63, 3.8) is 0 Å². The van der Waals surface area contributed by atoms with E-state index in [1.165, 1.54) is 27.6 Å². The molecule has 3 heteroatoms. The number of carbonyl (C=O) groups excluding carboxylic acids is 1. The van der Waals surface area contributed by atoms with Crippen LogP contribution in [0.25, 0.3) is 3.58 Å². The van der Waals surface area contributed by atoms with Crippen molar-refractivity contribution in [3.05, 3.63) is 35.4 Å². The molecule has 2 aliphatic carbocycles. The largest absolute Gasteiger partial charge is 0.497 e. The van der Waals surface area contributed by atoms with E-state index < -0.39 is 0 Å². The first-order valence-electron chi connectivity index (χ1n) is 8.10. The zero-order chi connectivity index (χ0) is 15.7. The van der Waals surface area contributed by atoms with Crippen LogP contribution in [0.15, 0.2) is 29.8 Å². The minimum absolute atomic E-state index is 0.124. The zero-order valence-corrected chi connectivity index (χ0v) is 15.5. The van der Waals surface area contributed by atoms with Crippen LogP contribution >= 0.6 is 22.6 Å². The summed E-state index contributed by atoms with van der Waals surface area (Å²) in [7, 11) is 1.70. The summed E-state index contributed by atoms with van der Waals surface area (Å²) in [5.74, 6) is 1.91. The average molecular weight is 410 g/mol. The van der Waals surface area contributed by atoms with Gasteiger partial charge in [0.05, 0.1) is 7.11 Å². The summed E-state index contributed by atoms with van der Waals surface area (Å²) < 4.78 is 6.64. The van der Waals surface area contributed by atoms with Crippen molar-refractivity contribution >= 4 is 32.0 Å². The van der Waals surface area contributed by atoms with Gasteiger partial charge >= 0.3 is 0 Å². The molecule has 22 heavy (non-hydrogen) atoms. The molecule has 3 rings (SSSR count). The van der Waals surface area contributed by atoms with Gasteiger partial charge in [0.2, 0.25) is 0 Å². The molecule has 0 radical (unpaired) electrons. The first kappa shape index (κ1) is 16.0. The monoisotopic (exact) mass is 410 g/mol. The normalized spacial score (nSPS) is 30.7. The number of Topliss-reactive ketones (excluding diaryl/α,β-unsaturated/α-hetero) is 1. The molecule has 0 saturated heterocycles. The SMILES string of the molecule is COc1cccc(/C(I)=C2/C[C@H]3CCCCC(=O)[C@@]3(C)C2)c1. The fourth-order valence-electron chi connectivity index (χ4n) is 4.02. The molecule has 0 unspecified atom stereocenters. The van der Waals surface area contributed by atoms with E-state index in [9.17, 15) is 4.79 Å². The number of halogens is 1. The number of ether oxygens (including phenoxy) is 1. The quantitative estimate of drug-likeness (QED) is 0.611. The van der Waals surface area contributed by atoms with Crippen LogP contribution in [-0.4, -0.2) is 12.9 Å². The summed E-state index contributed by atoms with van der Waals surface area (Å²) in [6.07, 6.45) is 6.28. The smallest absolute Gasteiger partial charge is 0.139 e. The van der Waals surface area contributed by atoms with Crippen molar-refractivity contribution in [2.24, 2.45) is 11.3 Å². The fourth-order valence-corrected chi connectivity index (χ4v) is 4.77. The third-order valence-electron chi connectivity index (χ3n) is 5.45. The van der Waals surface area contributed by atoms with Crippen molar-refractivity contribution in [2.75, 3.05) is 7.11 Å². The highest BCUT2D eigenvalue weighted by Crippen LogP contribution is 2.53. The van der Waals surface area contributed by atoms with Gasteiger partial charge < -0.3 is 4.74 Å². The molecule has 0 heterocycles. The van der Waals surface area contributed by atoms with Crippen LogP contribution in [0.1, 0.15) is 51.0 Å². The maximum atomic E-state index is 12.6. The number of hydrogen-bond donors (Lipinski definition) is 0. The Bertz CT molecular complexity index is 620. The van der Waals surface area contributed by atoms with Gasteiger partial charge in [-0.3, -0.25) is 4.79 Å². The molecule has 2 saturated carbocycles. The number of hydrogen-bond acceptors (Lipinski definition) is 2. The van der Waals surface area contributed by atoms with Gasteiger partial charge in [-0.1, -0.05) is 31.1 Å². The van der Waals surface area contributed by atoms with Crippen LogP contribution in [0.3, 0.4) is 0 Å². The second-order valence-electron chi connectivity index (χ2n) is 6.81. The van der Waals surface area contributed by atoms with Crippen LogP contribution in [0.4, 0.5) is 0 Å². The van der Waals surface area contributed by atoms with Crippen molar-refractivity contribution in [3.8, 4) is 5.75 Å². The van der Waals surface area contributed by atoms with Gasteiger partial charge in [0.1, 0.15) is 11.5 Å². The van der Waals surface area contributed by atoms with Crippen molar-refractivity contribution in [2.45, 2.75) is 45.4 Å². The van der Waals surface area contributed by atoms with Crippen LogP contribution in [0, 0.1) is 11.3 Å². The van der Waals surface area contributed by atoms with Gasteiger partial charge in [-0.25, -0.2) is 0 Å². The number of ketones is 1. The molecule has 0 aliphatic heterocycles. The zero-order valence-electron chi connectivity index (χ0n) is 13.3. The second-order valence-corrected chi connectivity index (χ2v) is 7.89. The van der Waals surface area contributed by atoms with E-state index in [1.807, 2.05) is 12.1 Å². The van der Waals surface area contributed by atoms with E-state index in [-0.39, 0.29) is 5.41 Å². The van der Waals surface area contributed by atoms with E-state index in [0.29, 0.717) is 11.7 Å². The molecule has 1 aromatic rings. The maximum Gasteiger partial charge on any atom is 0.139 e. The predicted molar refractivity (Wildman–Crippen MR) is 98.2 cm³/mol. The Kier molecular flexibility index (Phi) is 4.62. The van der Waals surface area contributed by atoms with Gasteiger partial charge in [-0.2, -0.15) is 0 Å². The molecule has 0 bridgehead atoms. The Morgan fingerprint density at radius 2 is 2.18 bits per heavy atom. The highest BCUT2D eigenvalue weighted by Gasteiger charge is 2.47.